The van der Waals surface area contributed by atoms with Crippen molar-refractivity contribution >= 4 is 46.7 Å². The summed E-state index contributed by atoms with van der Waals surface area (Å²) in [6, 6.07) is 1.88. The molecule has 0 aliphatic heterocycles. The molecular formula is C25H20Cl3F7N4O3. The molecule has 0 spiro atoms. The number of carbonyl (C=O) groups is 2. The highest BCUT2D eigenvalue weighted by atomic mass is 35.5. The van der Waals surface area contributed by atoms with E-state index in [-0.39, 0.29) is 40.5 Å². The molecule has 1 aromatic carbocycles. The van der Waals surface area contributed by atoms with Crippen molar-refractivity contribution in [2.24, 2.45) is 0 Å². The SMILES string of the molecule is CCC(=O)OC.O=C(NC1CC1)c1cc(-c2cnn(-c3c(Cl)cc(C(F)(C(F)(F)F)C(F)(F)F)cc3Cl)c2)cnc1Cl. The smallest absolute Gasteiger partial charge is 0.435 e. The third-order valence-electron chi connectivity index (χ3n) is 5.85. The average molecular weight is 664 g/mol. The van der Waals surface area contributed by atoms with Gasteiger partial charge in [-0.3, -0.25) is 9.59 Å². The number of nitrogens with zero attached hydrogens (tertiary/aromatic N) is 3. The molecule has 228 valence electrons. The fourth-order valence-electron chi connectivity index (χ4n) is 3.47. The highest BCUT2D eigenvalue weighted by Crippen LogP contribution is 2.54. The zero-order valence-electron chi connectivity index (χ0n) is 21.5. The molecule has 0 atom stereocenters. The van der Waals surface area contributed by atoms with Crippen molar-refractivity contribution < 1.29 is 45.1 Å². The first-order chi connectivity index (χ1) is 19.4. The molecule has 4 rings (SSSR count). The van der Waals surface area contributed by atoms with Crippen LogP contribution >= 0.6 is 34.8 Å². The van der Waals surface area contributed by atoms with Crippen molar-refractivity contribution in [3.63, 3.8) is 0 Å². The molecular weight excluding hydrogens is 644 g/mol. The lowest BCUT2D eigenvalue weighted by Crippen LogP contribution is -2.50. The molecule has 0 unspecified atom stereocenters. The molecule has 1 amide bonds. The molecule has 0 bridgehead atoms. The highest BCUT2D eigenvalue weighted by molar-refractivity contribution is 6.38. The number of carbonyl (C=O) groups excluding carboxylic acids is 2. The van der Waals surface area contributed by atoms with Gasteiger partial charge in [0.1, 0.15) is 10.8 Å². The van der Waals surface area contributed by atoms with Crippen molar-refractivity contribution in [1.82, 2.24) is 20.1 Å². The molecule has 1 aliphatic carbocycles. The topological polar surface area (TPSA) is 86.1 Å². The first-order valence-electron chi connectivity index (χ1n) is 11.8. The van der Waals surface area contributed by atoms with Gasteiger partial charge in [0.15, 0.2) is 0 Å². The number of hydrogen-bond donors (Lipinski definition) is 1. The standard InChI is InChI=1S/C21H12Cl3F7N4O.C4H8O2/c22-14-4-11(19(25,20(26,27)28)21(29,30)31)5-15(23)16(14)35-8-10(7-33-35)9-3-13(17(24)32-6-9)18(36)34-12-1-2-12;1-3-4(5)6-2/h3-8,12H,1-2H2,(H,34,36);3H2,1-2H3. The van der Waals surface area contributed by atoms with E-state index in [1.54, 1.807) is 6.92 Å². The van der Waals surface area contributed by atoms with E-state index in [0.29, 0.717) is 17.5 Å². The summed E-state index contributed by atoms with van der Waals surface area (Å²) >= 11 is 17.9. The third-order valence-corrected chi connectivity index (χ3v) is 6.73. The van der Waals surface area contributed by atoms with Crippen molar-refractivity contribution in [2.75, 3.05) is 7.11 Å². The Balaban J connectivity index is 0.000000730. The highest BCUT2D eigenvalue weighted by Gasteiger charge is 2.73. The first-order valence-corrected chi connectivity index (χ1v) is 13.0. The van der Waals surface area contributed by atoms with Crippen molar-refractivity contribution in [3.05, 3.63) is 63.1 Å². The van der Waals surface area contributed by atoms with Gasteiger partial charge in [-0.25, -0.2) is 14.1 Å². The number of benzene rings is 1. The second-order valence-electron chi connectivity index (χ2n) is 8.86. The zero-order valence-corrected chi connectivity index (χ0v) is 23.8. The van der Waals surface area contributed by atoms with Gasteiger partial charge < -0.3 is 10.1 Å². The first kappa shape index (κ1) is 33.4. The van der Waals surface area contributed by atoms with Crippen LogP contribution in [0.15, 0.2) is 36.8 Å². The van der Waals surface area contributed by atoms with E-state index < -0.39 is 39.5 Å². The van der Waals surface area contributed by atoms with E-state index in [1.807, 2.05) is 0 Å². The van der Waals surface area contributed by atoms with Crippen LogP contribution in [-0.4, -0.2) is 52.1 Å². The van der Waals surface area contributed by atoms with Crippen molar-refractivity contribution in [1.29, 1.82) is 0 Å². The maximum atomic E-state index is 14.4. The van der Waals surface area contributed by atoms with Crippen LogP contribution in [0.2, 0.25) is 15.2 Å². The Labute approximate surface area is 248 Å². The number of ether oxygens (including phenoxy) is 1. The molecule has 1 N–H and O–H groups in total. The zero-order chi connectivity index (χ0) is 31.6. The van der Waals surface area contributed by atoms with Gasteiger partial charge in [0.2, 0.25) is 0 Å². The predicted octanol–water partition coefficient (Wildman–Crippen LogP) is 7.65. The molecule has 0 radical (unpaired) electrons. The lowest BCUT2D eigenvalue weighted by Gasteiger charge is -2.30. The number of nitrogens with one attached hydrogen (secondary N) is 1. The number of amides is 1. The molecule has 1 fully saturated rings. The van der Waals surface area contributed by atoms with E-state index in [0.717, 1.165) is 17.5 Å². The minimum absolute atomic E-state index is 0.0463. The van der Waals surface area contributed by atoms with E-state index in [9.17, 15) is 40.3 Å². The van der Waals surface area contributed by atoms with Gasteiger partial charge in [0, 0.05) is 41.5 Å². The number of halogens is 10. The molecule has 17 heteroatoms. The summed E-state index contributed by atoms with van der Waals surface area (Å²) in [7, 11) is 1.38. The molecule has 1 saturated carbocycles. The van der Waals surface area contributed by atoms with Gasteiger partial charge in [-0.15, -0.1) is 0 Å². The van der Waals surface area contributed by atoms with E-state index in [4.69, 9.17) is 34.8 Å². The van der Waals surface area contributed by atoms with Crippen LogP contribution < -0.4 is 5.32 Å². The van der Waals surface area contributed by atoms with Gasteiger partial charge >= 0.3 is 24.0 Å². The molecule has 7 nitrogen and oxygen atoms in total. The number of esters is 1. The molecule has 2 heterocycles. The molecule has 3 aromatic rings. The lowest BCUT2D eigenvalue weighted by molar-refractivity contribution is -0.348. The summed E-state index contributed by atoms with van der Waals surface area (Å²) in [5.41, 5.74) is -7.04. The van der Waals surface area contributed by atoms with Crippen LogP contribution in [0.4, 0.5) is 30.7 Å². The third kappa shape index (κ3) is 7.09. The Kier molecular flexibility index (Phi) is 10.1. The summed E-state index contributed by atoms with van der Waals surface area (Å²) in [6.45, 7) is 1.76. The summed E-state index contributed by atoms with van der Waals surface area (Å²) in [5.74, 6) is -0.593. The predicted molar refractivity (Wildman–Crippen MR) is 140 cm³/mol. The number of hydrogen-bond acceptors (Lipinski definition) is 5. The molecule has 0 saturated heterocycles. The van der Waals surface area contributed by atoms with Crippen LogP contribution in [0.25, 0.3) is 16.8 Å². The van der Waals surface area contributed by atoms with E-state index in [1.165, 1.54) is 31.8 Å². The number of rotatable bonds is 6. The van der Waals surface area contributed by atoms with E-state index in [2.05, 4.69) is 20.1 Å². The van der Waals surface area contributed by atoms with Crippen LogP contribution in [0, 0.1) is 0 Å². The Bertz CT molecular complexity index is 1430. The van der Waals surface area contributed by atoms with Crippen molar-refractivity contribution in [3.8, 4) is 16.8 Å². The molecule has 2 aromatic heterocycles. The Morgan fingerprint density at radius 1 is 0.976 bits per heavy atom. The van der Waals surface area contributed by atoms with Crippen LogP contribution in [0.3, 0.4) is 0 Å². The fourth-order valence-corrected chi connectivity index (χ4v) is 4.32. The number of alkyl halides is 7. The van der Waals surface area contributed by atoms with E-state index >= 15 is 0 Å². The maximum Gasteiger partial charge on any atom is 0.435 e. The minimum atomic E-state index is -6.33. The molecule has 1 aliphatic rings. The lowest BCUT2D eigenvalue weighted by atomic mass is 9.94. The number of aromatic nitrogens is 3. The molecule has 42 heavy (non-hydrogen) atoms. The maximum absolute atomic E-state index is 14.4. The summed E-state index contributed by atoms with van der Waals surface area (Å²) in [5, 5.41) is 5.25. The van der Waals surface area contributed by atoms with Crippen LogP contribution in [0.1, 0.15) is 42.1 Å². The second kappa shape index (κ2) is 12.6. The minimum Gasteiger partial charge on any atom is -0.469 e. The Hall–Kier alpha value is -3.10. The van der Waals surface area contributed by atoms with Crippen LogP contribution in [-0.2, 0) is 15.2 Å². The Morgan fingerprint density at radius 2 is 1.55 bits per heavy atom. The largest absolute Gasteiger partial charge is 0.469 e. The van der Waals surface area contributed by atoms with Gasteiger partial charge in [-0.05, 0) is 31.0 Å². The summed E-state index contributed by atoms with van der Waals surface area (Å²) < 4.78 is 98.3. The van der Waals surface area contributed by atoms with Gasteiger partial charge in [-0.1, -0.05) is 41.7 Å². The summed E-state index contributed by atoms with van der Waals surface area (Å²) in [4.78, 5) is 26.3. The van der Waals surface area contributed by atoms with Crippen LogP contribution in [0.5, 0.6) is 0 Å². The summed E-state index contributed by atoms with van der Waals surface area (Å²) in [6.07, 6.45) is -6.62. The van der Waals surface area contributed by atoms with Gasteiger partial charge in [0.25, 0.3) is 5.91 Å². The number of pyridine rings is 1. The van der Waals surface area contributed by atoms with Gasteiger partial charge in [0.05, 0.1) is 28.9 Å². The fraction of sp³-hybridized carbons (Fsp3) is 0.360. The number of methoxy groups -OCH3 is 1. The monoisotopic (exact) mass is 662 g/mol. The van der Waals surface area contributed by atoms with Gasteiger partial charge in [-0.2, -0.15) is 31.4 Å². The normalized spacial score (nSPS) is 13.7. The van der Waals surface area contributed by atoms with Crippen molar-refractivity contribution in [2.45, 2.75) is 50.2 Å². The second-order valence-corrected chi connectivity index (χ2v) is 10.0. The average Bonchev–Trinajstić information content (AvgIpc) is 3.59. The quantitative estimate of drug-likeness (QED) is 0.166. The Morgan fingerprint density at radius 3 is 2.00 bits per heavy atom.